The SMILES string of the molecule is Cn1c(CN2CCC(c3cc4ccccc4[nH]3)CC2)nc2ccncc21. The Labute approximate surface area is 152 Å². The zero-order valence-corrected chi connectivity index (χ0v) is 15.0. The van der Waals surface area contributed by atoms with Gasteiger partial charge >= 0.3 is 0 Å². The summed E-state index contributed by atoms with van der Waals surface area (Å²) in [6, 6.07) is 12.9. The first-order valence-electron chi connectivity index (χ1n) is 9.33. The minimum atomic E-state index is 0.628. The Balaban J connectivity index is 1.28. The predicted octanol–water partition coefficient (Wildman–Crippen LogP) is 3.83. The third-order valence-corrected chi connectivity index (χ3v) is 5.72. The summed E-state index contributed by atoms with van der Waals surface area (Å²) in [6.07, 6.45) is 6.09. The molecule has 1 aliphatic rings. The van der Waals surface area contributed by atoms with Crippen molar-refractivity contribution < 1.29 is 0 Å². The second kappa shape index (κ2) is 6.25. The van der Waals surface area contributed by atoms with Gasteiger partial charge in [-0.1, -0.05) is 18.2 Å². The second-order valence-corrected chi connectivity index (χ2v) is 7.31. The van der Waals surface area contributed by atoms with Crippen LogP contribution >= 0.6 is 0 Å². The summed E-state index contributed by atoms with van der Waals surface area (Å²) in [4.78, 5) is 15.1. The molecule has 0 saturated carbocycles. The van der Waals surface area contributed by atoms with Gasteiger partial charge in [-0.05, 0) is 49.5 Å². The van der Waals surface area contributed by atoms with E-state index in [2.05, 4.69) is 56.8 Å². The number of nitrogens with one attached hydrogen (secondary N) is 1. The van der Waals surface area contributed by atoms with Gasteiger partial charge < -0.3 is 9.55 Å². The average Bonchev–Trinajstić information content (AvgIpc) is 3.24. The van der Waals surface area contributed by atoms with Crippen LogP contribution in [0.5, 0.6) is 0 Å². The van der Waals surface area contributed by atoms with Gasteiger partial charge in [-0.2, -0.15) is 0 Å². The van der Waals surface area contributed by atoms with Gasteiger partial charge in [0.25, 0.3) is 0 Å². The Morgan fingerprint density at radius 2 is 2.00 bits per heavy atom. The van der Waals surface area contributed by atoms with Crippen LogP contribution < -0.4 is 0 Å². The molecule has 0 amide bonds. The zero-order valence-electron chi connectivity index (χ0n) is 15.0. The van der Waals surface area contributed by atoms with Crippen LogP contribution in [0.2, 0.25) is 0 Å². The molecule has 1 fully saturated rings. The van der Waals surface area contributed by atoms with E-state index >= 15 is 0 Å². The second-order valence-electron chi connectivity index (χ2n) is 7.31. The maximum Gasteiger partial charge on any atom is 0.123 e. The van der Waals surface area contributed by atoms with Crippen LogP contribution in [0, 0.1) is 0 Å². The van der Waals surface area contributed by atoms with Crippen molar-refractivity contribution >= 4 is 21.9 Å². The van der Waals surface area contributed by atoms with Crippen molar-refractivity contribution in [1.82, 2.24) is 24.4 Å². The van der Waals surface area contributed by atoms with Gasteiger partial charge in [0.15, 0.2) is 0 Å². The van der Waals surface area contributed by atoms with Crippen LogP contribution in [-0.4, -0.2) is 37.5 Å². The molecule has 0 atom stereocenters. The van der Waals surface area contributed by atoms with Crippen LogP contribution in [0.4, 0.5) is 0 Å². The number of aromatic nitrogens is 4. The molecule has 5 nitrogen and oxygen atoms in total. The van der Waals surface area contributed by atoms with Crippen molar-refractivity contribution in [1.29, 1.82) is 0 Å². The van der Waals surface area contributed by atoms with Crippen molar-refractivity contribution in [3.8, 4) is 0 Å². The highest BCUT2D eigenvalue weighted by atomic mass is 15.2. The summed E-state index contributed by atoms with van der Waals surface area (Å²) in [7, 11) is 2.09. The molecule has 26 heavy (non-hydrogen) atoms. The molecule has 0 spiro atoms. The third-order valence-electron chi connectivity index (χ3n) is 5.72. The molecule has 5 rings (SSSR count). The highest BCUT2D eigenvalue weighted by Gasteiger charge is 2.23. The monoisotopic (exact) mass is 345 g/mol. The van der Waals surface area contributed by atoms with E-state index in [1.54, 1.807) is 0 Å². The molecule has 132 valence electrons. The Kier molecular flexibility index (Phi) is 3.75. The Bertz CT molecular complexity index is 1020. The van der Waals surface area contributed by atoms with Crippen molar-refractivity contribution in [2.45, 2.75) is 25.3 Å². The number of hydrogen-bond donors (Lipinski definition) is 1. The summed E-state index contributed by atoms with van der Waals surface area (Å²) < 4.78 is 2.17. The standard InChI is InChI=1S/C21H23N5/c1-25-20-13-22-9-6-18(20)24-21(25)14-26-10-7-15(8-11-26)19-12-16-4-2-3-5-17(16)23-19/h2-6,9,12-13,15,23H,7-8,10-11,14H2,1H3. The Morgan fingerprint density at radius 1 is 1.15 bits per heavy atom. The van der Waals surface area contributed by atoms with Gasteiger partial charge in [-0.3, -0.25) is 9.88 Å². The minimum absolute atomic E-state index is 0.628. The number of H-pyrrole nitrogens is 1. The van der Waals surface area contributed by atoms with E-state index in [-0.39, 0.29) is 0 Å². The van der Waals surface area contributed by atoms with E-state index in [0.717, 1.165) is 36.5 Å². The summed E-state index contributed by atoms with van der Waals surface area (Å²) >= 11 is 0. The smallest absolute Gasteiger partial charge is 0.123 e. The molecule has 0 radical (unpaired) electrons. The Morgan fingerprint density at radius 3 is 2.81 bits per heavy atom. The van der Waals surface area contributed by atoms with E-state index in [0.29, 0.717) is 5.92 Å². The van der Waals surface area contributed by atoms with E-state index in [1.807, 2.05) is 18.5 Å². The number of aromatic amines is 1. The third kappa shape index (κ3) is 2.69. The summed E-state index contributed by atoms with van der Waals surface area (Å²) in [5.74, 6) is 1.75. The number of nitrogens with zero attached hydrogens (tertiary/aromatic N) is 4. The lowest BCUT2D eigenvalue weighted by Gasteiger charge is -2.31. The molecular weight excluding hydrogens is 322 g/mol. The first-order valence-corrected chi connectivity index (χ1v) is 9.33. The molecule has 0 bridgehead atoms. The van der Waals surface area contributed by atoms with Gasteiger partial charge in [0.1, 0.15) is 5.82 Å². The van der Waals surface area contributed by atoms with Gasteiger partial charge in [0.2, 0.25) is 0 Å². The van der Waals surface area contributed by atoms with E-state index in [4.69, 9.17) is 4.98 Å². The Hall–Kier alpha value is -2.66. The first kappa shape index (κ1) is 15.6. The fraction of sp³-hybridized carbons (Fsp3) is 0.333. The highest BCUT2D eigenvalue weighted by Crippen LogP contribution is 2.30. The number of pyridine rings is 1. The number of likely N-dealkylation sites (tertiary alicyclic amines) is 1. The number of piperidine rings is 1. The van der Waals surface area contributed by atoms with Crippen molar-refractivity contribution in [3.05, 3.63) is 60.3 Å². The molecule has 1 saturated heterocycles. The van der Waals surface area contributed by atoms with Gasteiger partial charge in [0, 0.05) is 30.4 Å². The van der Waals surface area contributed by atoms with Crippen LogP contribution in [0.1, 0.15) is 30.3 Å². The lowest BCUT2D eigenvalue weighted by Crippen LogP contribution is -2.33. The molecule has 5 heteroatoms. The number of imidazole rings is 1. The fourth-order valence-electron chi connectivity index (χ4n) is 4.14. The molecule has 3 aromatic heterocycles. The van der Waals surface area contributed by atoms with Gasteiger partial charge in [-0.25, -0.2) is 4.98 Å². The quantitative estimate of drug-likeness (QED) is 0.614. The number of hydrogen-bond acceptors (Lipinski definition) is 3. The molecule has 1 aliphatic heterocycles. The normalized spacial score (nSPS) is 16.7. The molecule has 4 heterocycles. The lowest BCUT2D eigenvalue weighted by atomic mass is 9.93. The van der Waals surface area contributed by atoms with Crippen molar-refractivity contribution in [2.24, 2.45) is 7.05 Å². The molecule has 4 aromatic rings. The predicted molar refractivity (Wildman–Crippen MR) is 104 cm³/mol. The van der Waals surface area contributed by atoms with Crippen molar-refractivity contribution in [2.75, 3.05) is 13.1 Å². The molecule has 0 unspecified atom stereocenters. The van der Waals surface area contributed by atoms with Crippen molar-refractivity contribution in [3.63, 3.8) is 0 Å². The summed E-state index contributed by atoms with van der Waals surface area (Å²) in [6.45, 7) is 3.13. The van der Waals surface area contributed by atoms with E-state index in [9.17, 15) is 0 Å². The van der Waals surface area contributed by atoms with E-state index < -0.39 is 0 Å². The zero-order chi connectivity index (χ0) is 17.5. The topological polar surface area (TPSA) is 49.7 Å². The van der Waals surface area contributed by atoms with Crippen LogP contribution in [0.15, 0.2) is 48.8 Å². The number of aryl methyl sites for hydroxylation is 1. The van der Waals surface area contributed by atoms with Crippen LogP contribution in [-0.2, 0) is 13.6 Å². The number of para-hydroxylation sites is 1. The summed E-state index contributed by atoms with van der Waals surface area (Å²) in [5.41, 5.74) is 4.78. The largest absolute Gasteiger partial charge is 0.358 e. The minimum Gasteiger partial charge on any atom is -0.358 e. The first-order chi connectivity index (χ1) is 12.8. The number of benzene rings is 1. The fourth-order valence-corrected chi connectivity index (χ4v) is 4.14. The average molecular weight is 345 g/mol. The lowest BCUT2D eigenvalue weighted by molar-refractivity contribution is 0.198. The maximum atomic E-state index is 4.79. The number of fused-ring (bicyclic) bond motifs is 2. The van der Waals surface area contributed by atoms with Crippen LogP contribution in [0.3, 0.4) is 0 Å². The molecular formula is C21H23N5. The van der Waals surface area contributed by atoms with E-state index in [1.165, 1.54) is 29.4 Å². The molecule has 1 aromatic carbocycles. The maximum absolute atomic E-state index is 4.79. The highest BCUT2D eigenvalue weighted by molar-refractivity contribution is 5.80. The number of rotatable bonds is 3. The summed E-state index contributed by atoms with van der Waals surface area (Å²) in [5, 5.41) is 1.32. The molecule has 0 aliphatic carbocycles. The molecule has 1 N–H and O–H groups in total. The van der Waals surface area contributed by atoms with Crippen LogP contribution in [0.25, 0.3) is 21.9 Å². The van der Waals surface area contributed by atoms with Gasteiger partial charge in [0.05, 0.1) is 23.8 Å². The van der Waals surface area contributed by atoms with Gasteiger partial charge in [-0.15, -0.1) is 0 Å².